The lowest BCUT2D eigenvalue weighted by Gasteiger charge is -2.08. The molecule has 0 aliphatic heterocycles. The molecule has 0 aliphatic rings. The minimum Gasteiger partial charge on any atom is -0.377 e. The van der Waals surface area contributed by atoms with Gasteiger partial charge in [-0.3, -0.25) is 4.68 Å². The summed E-state index contributed by atoms with van der Waals surface area (Å²) in [5.74, 6) is 0. The number of anilines is 1. The lowest BCUT2D eigenvalue weighted by atomic mass is 10.2. The molecule has 5 nitrogen and oxygen atoms in total. The summed E-state index contributed by atoms with van der Waals surface area (Å²) in [5.41, 5.74) is 3.98. The van der Waals surface area contributed by atoms with Crippen molar-refractivity contribution in [3.05, 3.63) is 33.6 Å². The molecule has 0 bridgehead atoms. The molecule has 19 heavy (non-hydrogen) atoms. The largest absolute Gasteiger partial charge is 0.377 e. The maximum absolute atomic E-state index is 5.99. The van der Waals surface area contributed by atoms with Crippen LogP contribution in [0.25, 0.3) is 0 Å². The number of hydrogen-bond donors (Lipinski definition) is 1. The molecule has 0 saturated carbocycles. The number of aryl methyl sites for hydroxylation is 2. The number of rotatable bonds is 4. The Bertz CT molecular complexity index is 594. The molecule has 0 atom stereocenters. The van der Waals surface area contributed by atoms with Gasteiger partial charge >= 0.3 is 0 Å². The second kappa shape index (κ2) is 5.75. The maximum atomic E-state index is 5.99. The molecule has 2 aromatic heterocycles. The first kappa shape index (κ1) is 14.1. The molecular formula is C12H15Cl2N5. The molecule has 0 unspecified atom stereocenters. The molecule has 2 rings (SSSR count). The molecule has 0 spiro atoms. The van der Waals surface area contributed by atoms with E-state index in [0.717, 1.165) is 23.5 Å². The van der Waals surface area contributed by atoms with Crippen LogP contribution in [0.2, 0.25) is 10.4 Å². The van der Waals surface area contributed by atoms with E-state index < -0.39 is 0 Å². The monoisotopic (exact) mass is 299 g/mol. The quantitative estimate of drug-likeness (QED) is 0.696. The van der Waals surface area contributed by atoms with E-state index in [0.29, 0.717) is 17.4 Å². The molecule has 7 heteroatoms. The van der Waals surface area contributed by atoms with E-state index in [1.807, 2.05) is 11.6 Å². The Hall–Kier alpha value is -1.33. The summed E-state index contributed by atoms with van der Waals surface area (Å²) in [6.07, 6.45) is 1.58. The Balaban J connectivity index is 2.16. The molecule has 1 N–H and O–H groups in total. The van der Waals surface area contributed by atoms with Gasteiger partial charge in [-0.25, -0.2) is 9.97 Å². The Labute approximate surface area is 122 Å². The zero-order valence-electron chi connectivity index (χ0n) is 11.0. The first-order chi connectivity index (χ1) is 9.02. The molecular weight excluding hydrogens is 285 g/mol. The van der Waals surface area contributed by atoms with Crippen LogP contribution in [0, 0.1) is 13.8 Å². The standard InChI is InChI=1S/C12H15Cl2N5/c1-4-19-8(3)9(7(2)18-19)5-15-10-6-16-12(14)17-11(10)13/h6,15H,4-5H2,1-3H3. The lowest BCUT2D eigenvalue weighted by Crippen LogP contribution is -2.04. The predicted octanol–water partition coefficient (Wildman–Crippen LogP) is 3.23. The summed E-state index contributed by atoms with van der Waals surface area (Å²) in [4.78, 5) is 7.79. The SMILES string of the molecule is CCn1nc(C)c(CNc2cnc(Cl)nc2Cl)c1C. The van der Waals surface area contributed by atoms with Crippen LogP contribution in [-0.4, -0.2) is 19.7 Å². The number of halogens is 2. The van der Waals surface area contributed by atoms with Crippen molar-refractivity contribution >= 4 is 28.9 Å². The van der Waals surface area contributed by atoms with Crippen LogP contribution in [0.1, 0.15) is 23.9 Å². The summed E-state index contributed by atoms with van der Waals surface area (Å²) in [5, 5.41) is 8.13. The van der Waals surface area contributed by atoms with Gasteiger partial charge in [0.2, 0.25) is 5.28 Å². The fourth-order valence-corrected chi connectivity index (χ4v) is 2.31. The van der Waals surface area contributed by atoms with Gasteiger partial charge in [-0.15, -0.1) is 0 Å². The first-order valence-electron chi connectivity index (χ1n) is 5.97. The van der Waals surface area contributed by atoms with Crippen molar-refractivity contribution in [1.29, 1.82) is 0 Å². The van der Waals surface area contributed by atoms with Gasteiger partial charge in [0, 0.05) is 24.3 Å². The highest BCUT2D eigenvalue weighted by Gasteiger charge is 2.11. The van der Waals surface area contributed by atoms with Crippen LogP contribution in [-0.2, 0) is 13.1 Å². The van der Waals surface area contributed by atoms with Gasteiger partial charge in [0.25, 0.3) is 0 Å². The molecule has 2 heterocycles. The van der Waals surface area contributed by atoms with Crippen molar-refractivity contribution in [3.63, 3.8) is 0 Å². The zero-order chi connectivity index (χ0) is 14.0. The Morgan fingerprint density at radius 1 is 1.32 bits per heavy atom. The van der Waals surface area contributed by atoms with Gasteiger partial charge in [0.15, 0.2) is 5.15 Å². The molecule has 0 aromatic carbocycles. The van der Waals surface area contributed by atoms with E-state index in [1.165, 1.54) is 0 Å². The minimum atomic E-state index is 0.140. The van der Waals surface area contributed by atoms with E-state index in [-0.39, 0.29) is 5.28 Å². The Morgan fingerprint density at radius 2 is 2.05 bits per heavy atom. The zero-order valence-corrected chi connectivity index (χ0v) is 12.5. The molecule has 102 valence electrons. The van der Waals surface area contributed by atoms with Crippen molar-refractivity contribution in [2.75, 3.05) is 5.32 Å². The second-order valence-electron chi connectivity index (χ2n) is 4.16. The van der Waals surface area contributed by atoms with Crippen LogP contribution in [0.15, 0.2) is 6.20 Å². The third-order valence-corrected chi connectivity index (χ3v) is 3.47. The van der Waals surface area contributed by atoms with E-state index >= 15 is 0 Å². The lowest BCUT2D eigenvalue weighted by molar-refractivity contribution is 0.633. The van der Waals surface area contributed by atoms with Crippen LogP contribution in [0.3, 0.4) is 0 Å². The van der Waals surface area contributed by atoms with E-state index in [4.69, 9.17) is 23.2 Å². The Morgan fingerprint density at radius 3 is 2.63 bits per heavy atom. The summed E-state index contributed by atoms with van der Waals surface area (Å²) in [7, 11) is 0. The average Bonchev–Trinajstić information content (AvgIpc) is 2.64. The highest BCUT2D eigenvalue weighted by Crippen LogP contribution is 2.21. The van der Waals surface area contributed by atoms with E-state index in [2.05, 4.69) is 34.2 Å². The maximum Gasteiger partial charge on any atom is 0.223 e. The Kier molecular flexibility index (Phi) is 4.27. The fourth-order valence-electron chi connectivity index (χ4n) is 1.94. The van der Waals surface area contributed by atoms with Crippen LogP contribution >= 0.6 is 23.2 Å². The molecule has 0 aliphatic carbocycles. The van der Waals surface area contributed by atoms with Crippen molar-refractivity contribution in [3.8, 4) is 0 Å². The number of hydrogen-bond acceptors (Lipinski definition) is 4. The molecule has 0 fully saturated rings. The van der Waals surface area contributed by atoms with Crippen molar-refractivity contribution in [2.24, 2.45) is 0 Å². The average molecular weight is 300 g/mol. The molecule has 0 amide bonds. The number of nitrogens with zero attached hydrogens (tertiary/aromatic N) is 4. The topological polar surface area (TPSA) is 55.6 Å². The molecule has 0 radical (unpaired) electrons. The summed E-state index contributed by atoms with van der Waals surface area (Å²) < 4.78 is 1.98. The molecule has 0 saturated heterocycles. The third kappa shape index (κ3) is 2.98. The highest BCUT2D eigenvalue weighted by atomic mass is 35.5. The minimum absolute atomic E-state index is 0.140. The first-order valence-corrected chi connectivity index (χ1v) is 6.73. The second-order valence-corrected chi connectivity index (χ2v) is 4.86. The van der Waals surface area contributed by atoms with Crippen molar-refractivity contribution in [1.82, 2.24) is 19.7 Å². The summed E-state index contributed by atoms with van der Waals surface area (Å²) in [6.45, 7) is 7.61. The number of aromatic nitrogens is 4. The van der Waals surface area contributed by atoms with Gasteiger partial charge in [-0.05, 0) is 32.4 Å². The summed E-state index contributed by atoms with van der Waals surface area (Å²) in [6, 6.07) is 0. The van der Waals surface area contributed by atoms with Crippen LogP contribution in [0.4, 0.5) is 5.69 Å². The van der Waals surface area contributed by atoms with Gasteiger partial charge in [-0.2, -0.15) is 5.10 Å². The van der Waals surface area contributed by atoms with Crippen LogP contribution in [0.5, 0.6) is 0 Å². The normalized spacial score (nSPS) is 10.8. The van der Waals surface area contributed by atoms with E-state index in [9.17, 15) is 0 Å². The highest BCUT2D eigenvalue weighted by molar-refractivity contribution is 6.33. The van der Waals surface area contributed by atoms with Crippen molar-refractivity contribution in [2.45, 2.75) is 33.9 Å². The third-order valence-electron chi connectivity index (χ3n) is 3.00. The smallest absolute Gasteiger partial charge is 0.223 e. The van der Waals surface area contributed by atoms with Crippen LogP contribution < -0.4 is 5.32 Å². The van der Waals surface area contributed by atoms with Crippen molar-refractivity contribution < 1.29 is 0 Å². The fraction of sp³-hybridized carbons (Fsp3) is 0.417. The van der Waals surface area contributed by atoms with E-state index in [1.54, 1.807) is 6.20 Å². The predicted molar refractivity (Wildman–Crippen MR) is 76.8 cm³/mol. The summed E-state index contributed by atoms with van der Waals surface area (Å²) >= 11 is 11.6. The van der Waals surface area contributed by atoms with Gasteiger partial charge in [0.05, 0.1) is 17.6 Å². The van der Waals surface area contributed by atoms with Gasteiger partial charge in [-0.1, -0.05) is 11.6 Å². The van der Waals surface area contributed by atoms with Gasteiger partial charge < -0.3 is 5.32 Å². The van der Waals surface area contributed by atoms with Gasteiger partial charge in [0.1, 0.15) is 0 Å². The number of nitrogens with one attached hydrogen (secondary N) is 1. The molecule has 2 aromatic rings.